The van der Waals surface area contributed by atoms with Gasteiger partial charge >= 0.3 is 0 Å². The van der Waals surface area contributed by atoms with Crippen molar-refractivity contribution in [2.24, 2.45) is 10.9 Å². The minimum Gasteiger partial charge on any atom is -0.368 e. The van der Waals surface area contributed by atoms with Crippen molar-refractivity contribution < 1.29 is 9.53 Å². The van der Waals surface area contributed by atoms with E-state index >= 15 is 0 Å². The molecular weight excluding hydrogens is 431 g/mol. The zero-order chi connectivity index (χ0) is 16.8. The second-order valence-corrected chi connectivity index (χ2v) is 7.23. The molecular formula is C18H33IN4O2. The number of rotatable bonds is 4. The van der Waals surface area contributed by atoms with E-state index in [1.54, 1.807) is 0 Å². The highest BCUT2D eigenvalue weighted by Gasteiger charge is 2.30. The minimum absolute atomic E-state index is 0. The first-order valence-electron chi connectivity index (χ1n) is 9.64. The number of hydrogen-bond acceptors (Lipinski definition) is 3. The SMILES string of the molecule is CN=C(NCCC1CCCC1)N1CCN(C(=O)C2CCCO2)CC1.I. The van der Waals surface area contributed by atoms with Gasteiger partial charge in [-0.1, -0.05) is 25.7 Å². The van der Waals surface area contributed by atoms with E-state index in [-0.39, 0.29) is 36.0 Å². The number of halogens is 1. The Hall–Kier alpha value is -0.570. The quantitative estimate of drug-likeness (QED) is 0.394. The highest BCUT2D eigenvalue weighted by atomic mass is 127. The fraction of sp³-hybridized carbons (Fsp3) is 0.889. The van der Waals surface area contributed by atoms with Crippen LogP contribution in [0.25, 0.3) is 0 Å². The number of guanidine groups is 1. The van der Waals surface area contributed by atoms with Crippen molar-refractivity contribution in [3.8, 4) is 0 Å². The Morgan fingerprint density at radius 3 is 2.36 bits per heavy atom. The number of hydrogen-bond donors (Lipinski definition) is 1. The molecule has 6 nitrogen and oxygen atoms in total. The minimum atomic E-state index is -0.194. The summed E-state index contributed by atoms with van der Waals surface area (Å²) in [5.41, 5.74) is 0. The molecule has 3 rings (SSSR count). The van der Waals surface area contributed by atoms with Gasteiger partial charge in [0.2, 0.25) is 0 Å². The number of carbonyl (C=O) groups excluding carboxylic acids is 1. The molecule has 1 atom stereocenters. The number of carbonyl (C=O) groups is 1. The normalized spacial score (nSPS) is 25.2. The molecule has 1 saturated carbocycles. The Morgan fingerprint density at radius 1 is 1.08 bits per heavy atom. The van der Waals surface area contributed by atoms with Crippen LogP contribution in [0.4, 0.5) is 0 Å². The summed E-state index contributed by atoms with van der Waals surface area (Å²) in [5, 5.41) is 3.51. The number of nitrogens with one attached hydrogen (secondary N) is 1. The monoisotopic (exact) mass is 464 g/mol. The molecule has 3 aliphatic rings. The Kier molecular flexibility index (Phi) is 8.75. The van der Waals surface area contributed by atoms with Crippen molar-refractivity contribution in [3.63, 3.8) is 0 Å². The third-order valence-electron chi connectivity index (χ3n) is 5.62. The van der Waals surface area contributed by atoms with E-state index in [1.165, 1.54) is 32.1 Å². The number of amides is 1. The first kappa shape index (κ1) is 20.7. The predicted octanol–water partition coefficient (Wildman–Crippen LogP) is 2.08. The van der Waals surface area contributed by atoms with Crippen LogP contribution in [0.3, 0.4) is 0 Å². The Balaban J connectivity index is 0.00000225. The molecule has 1 amide bonds. The molecule has 0 radical (unpaired) electrons. The molecule has 0 spiro atoms. The average Bonchev–Trinajstić information content (AvgIpc) is 3.32. The maximum atomic E-state index is 12.4. The zero-order valence-corrected chi connectivity index (χ0v) is 17.7. The van der Waals surface area contributed by atoms with Crippen LogP contribution in [0.2, 0.25) is 0 Å². The highest BCUT2D eigenvalue weighted by Crippen LogP contribution is 2.26. The lowest BCUT2D eigenvalue weighted by molar-refractivity contribution is -0.142. The van der Waals surface area contributed by atoms with Gasteiger partial charge < -0.3 is 19.9 Å². The lowest BCUT2D eigenvalue weighted by Crippen LogP contribution is -2.55. The van der Waals surface area contributed by atoms with Gasteiger partial charge in [-0.3, -0.25) is 9.79 Å². The Bertz CT molecular complexity index is 440. The summed E-state index contributed by atoms with van der Waals surface area (Å²) >= 11 is 0. The van der Waals surface area contributed by atoms with Gasteiger partial charge in [-0.25, -0.2) is 0 Å². The second kappa shape index (κ2) is 10.5. The summed E-state index contributed by atoms with van der Waals surface area (Å²) < 4.78 is 5.52. The van der Waals surface area contributed by atoms with Crippen LogP contribution in [0.1, 0.15) is 44.9 Å². The molecule has 2 heterocycles. The van der Waals surface area contributed by atoms with Gasteiger partial charge in [0, 0.05) is 46.4 Å². The number of aliphatic imine (C=N–C) groups is 1. The van der Waals surface area contributed by atoms with Gasteiger partial charge in [0.05, 0.1) is 0 Å². The number of nitrogens with zero attached hydrogens (tertiary/aromatic N) is 3. The van der Waals surface area contributed by atoms with E-state index in [9.17, 15) is 4.79 Å². The van der Waals surface area contributed by atoms with Crippen molar-refractivity contribution in [3.05, 3.63) is 0 Å². The molecule has 3 fully saturated rings. The second-order valence-electron chi connectivity index (χ2n) is 7.23. The van der Waals surface area contributed by atoms with Crippen LogP contribution in [0.5, 0.6) is 0 Å². The summed E-state index contributed by atoms with van der Waals surface area (Å²) in [6, 6.07) is 0. The lowest BCUT2D eigenvalue weighted by atomic mass is 10.0. The Morgan fingerprint density at radius 2 is 1.76 bits per heavy atom. The van der Waals surface area contributed by atoms with Crippen LogP contribution in [0, 0.1) is 5.92 Å². The first-order valence-corrected chi connectivity index (χ1v) is 9.64. The van der Waals surface area contributed by atoms with E-state index in [0.717, 1.165) is 64.0 Å². The van der Waals surface area contributed by atoms with Crippen molar-refractivity contribution in [1.82, 2.24) is 15.1 Å². The summed E-state index contributed by atoms with van der Waals surface area (Å²) in [5.74, 6) is 2.06. The first-order chi connectivity index (χ1) is 11.8. The summed E-state index contributed by atoms with van der Waals surface area (Å²) in [6.07, 6.45) is 8.53. The van der Waals surface area contributed by atoms with E-state index in [1.807, 2.05) is 11.9 Å². The third-order valence-corrected chi connectivity index (χ3v) is 5.62. The fourth-order valence-electron chi connectivity index (χ4n) is 4.13. The maximum absolute atomic E-state index is 12.4. The van der Waals surface area contributed by atoms with Crippen molar-refractivity contribution >= 4 is 35.8 Å². The van der Waals surface area contributed by atoms with Crippen molar-refractivity contribution in [2.75, 3.05) is 46.4 Å². The largest absolute Gasteiger partial charge is 0.368 e. The van der Waals surface area contributed by atoms with Crippen LogP contribution in [-0.2, 0) is 9.53 Å². The molecule has 1 N–H and O–H groups in total. The smallest absolute Gasteiger partial charge is 0.251 e. The number of ether oxygens (including phenoxy) is 1. The third kappa shape index (κ3) is 5.70. The zero-order valence-electron chi connectivity index (χ0n) is 15.4. The van der Waals surface area contributed by atoms with Crippen LogP contribution < -0.4 is 5.32 Å². The fourth-order valence-corrected chi connectivity index (χ4v) is 4.13. The number of piperazine rings is 1. The summed E-state index contributed by atoms with van der Waals surface area (Å²) in [4.78, 5) is 21.1. The molecule has 0 aromatic rings. The molecule has 0 aromatic heterocycles. The standard InChI is InChI=1S/C18H32N4O2.HI/c1-19-18(20-9-8-15-5-2-3-6-15)22-12-10-21(11-13-22)17(23)16-7-4-14-24-16;/h15-16H,2-14H2,1H3,(H,19,20);1H. The summed E-state index contributed by atoms with van der Waals surface area (Å²) in [6.45, 7) is 4.97. The van der Waals surface area contributed by atoms with E-state index in [2.05, 4.69) is 15.2 Å². The Labute approximate surface area is 168 Å². The molecule has 144 valence electrons. The average molecular weight is 464 g/mol. The van der Waals surface area contributed by atoms with E-state index in [4.69, 9.17) is 4.74 Å². The predicted molar refractivity (Wildman–Crippen MR) is 110 cm³/mol. The topological polar surface area (TPSA) is 57.2 Å². The van der Waals surface area contributed by atoms with Gasteiger partial charge in [0.15, 0.2) is 5.96 Å². The van der Waals surface area contributed by atoms with Gasteiger partial charge in [0.25, 0.3) is 5.91 Å². The lowest BCUT2D eigenvalue weighted by Gasteiger charge is -2.37. The van der Waals surface area contributed by atoms with Gasteiger partial charge in [-0.2, -0.15) is 0 Å². The molecule has 1 unspecified atom stereocenters. The van der Waals surface area contributed by atoms with Gasteiger partial charge in [0.1, 0.15) is 6.10 Å². The highest BCUT2D eigenvalue weighted by molar-refractivity contribution is 14.0. The van der Waals surface area contributed by atoms with Gasteiger partial charge in [-0.15, -0.1) is 24.0 Å². The van der Waals surface area contributed by atoms with Crippen LogP contribution in [-0.4, -0.2) is 74.1 Å². The molecule has 2 aliphatic heterocycles. The molecule has 0 aromatic carbocycles. The molecule has 0 bridgehead atoms. The molecule has 2 saturated heterocycles. The van der Waals surface area contributed by atoms with Crippen LogP contribution in [0.15, 0.2) is 4.99 Å². The van der Waals surface area contributed by atoms with Crippen molar-refractivity contribution in [2.45, 2.75) is 51.0 Å². The molecule has 7 heteroatoms. The van der Waals surface area contributed by atoms with Crippen LogP contribution >= 0.6 is 24.0 Å². The summed E-state index contributed by atoms with van der Waals surface area (Å²) in [7, 11) is 1.85. The molecule has 25 heavy (non-hydrogen) atoms. The van der Waals surface area contributed by atoms with E-state index < -0.39 is 0 Å². The van der Waals surface area contributed by atoms with E-state index in [0.29, 0.717) is 0 Å². The van der Waals surface area contributed by atoms with Crippen molar-refractivity contribution in [1.29, 1.82) is 0 Å². The van der Waals surface area contributed by atoms with Gasteiger partial charge in [-0.05, 0) is 25.2 Å². The molecule has 1 aliphatic carbocycles. The maximum Gasteiger partial charge on any atom is 0.251 e.